The van der Waals surface area contributed by atoms with Gasteiger partial charge in [0.15, 0.2) is 5.65 Å². The second-order valence-electron chi connectivity index (χ2n) is 6.11. The Balaban J connectivity index is 1.82. The van der Waals surface area contributed by atoms with Gasteiger partial charge in [-0.15, -0.1) is 0 Å². The van der Waals surface area contributed by atoms with Crippen molar-refractivity contribution in [1.82, 2.24) is 24.6 Å². The zero-order chi connectivity index (χ0) is 18.8. The van der Waals surface area contributed by atoms with Crippen LogP contribution in [0, 0.1) is 0 Å². The lowest BCUT2D eigenvalue weighted by molar-refractivity contribution is 0.400. The molecule has 4 heterocycles. The van der Waals surface area contributed by atoms with Gasteiger partial charge < -0.3 is 10.1 Å². The molecule has 4 aromatic rings. The zero-order valence-electron chi connectivity index (χ0n) is 15.5. The van der Waals surface area contributed by atoms with Crippen molar-refractivity contribution in [1.29, 1.82) is 0 Å². The van der Waals surface area contributed by atoms with Crippen molar-refractivity contribution in [3.63, 3.8) is 0 Å². The molecular formula is C20H20N6O. The predicted octanol–water partition coefficient (Wildman–Crippen LogP) is 3.47. The maximum absolute atomic E-state index is 5.27. The van der Waals surface area contributed by atoms with E-state index in [1.807, 2.05) is 44.0 Å². The van der Waals surface area contributed by atoms with Gasteiger partial charge in [0, 0.05) is 48.5 Å². The van der Waals surface area contributed by atoms with Crippen LogP contribution in [-0.2, 0) is 6.42 Å². The molecule has 27 heavy (non-hydrogen) atoms. The van der Waals surface area contributed by atoms with Crippen molar-refractivity contribution in [2.45, 2.75) is 13.3 Å². The van der Waals surface area contributed by atoms with Gasteiger partial charge >= 0.3 is 0 Å². The molecule has 4 rings (SSSR count). The van der Waals surface area contributed by atoms with Crippen LogP contribution in [0.5, 0.6) is 5.88 Å². The molecule has 1 N–H and O–H groups in total. The van der Waals surface area contributed by atoms with E-state index in [1.165, 1.54) is 5.56 Å². The number of ether oxygens (including phenoxy) is 1. The summed E-state index contributed by atoms with van der Waals surface area (Å²) in [6.45, 7) is 2.11. The zero-order valence-corrected chi connectivity index (χ0v) is 15.5. The molecule has 0 amide bonds. The third kappa shape index (κ3) is 3.08. The highest BCUT2D eigenvalue weighted by atomic mass is 16.5. The van der Waals surface area contributed by atoms with Gasteiger partial charge in [-0.05, 0) is 30.2 Å². The van der Waals surface area contributed by atoms with Crippen LogP contribution < -0.4 is 10.1 Å². The standard InChI is InChI=1S/C20H20N6O/c1-4-13-7-14(10-22-9-13)16-12-24-26-6-5-17(25-19(16)26)15-8-18(21-2)20(27-3)23-11-15/h5-12,21H,4H2,1-3H3. The number of aryl methyl sites for hydroxylation is 1. The average molecular weight is 360 g/mol. The molecule has 0 saturated carbocycles. The molecule has 0 fully saturated rings. The quantitative estimate of drug-likeness (QED) is 0.587. The van der Waals surface area contributed by atoms with Crippen LogP contribution in [0.2, 0.25) is 0 Å². The number of pyridine rings is 2. The first-order valence-electron chi connectivity index (χ1n) is 8.74. The summed E-state index contributed by atoms with van der Waals surface area (Å²) in [6.07, 6.45) is 10.2. The van der Waals surface area contributed by atoms with E-state index in [4.69, 9.17) is 9.72 Å². The molecule has 0 spiro atoms. The third-order valence-electron chi connectivity index (χ3n) is 4.49. The molecule has 0 aliphatic rings. The predicted molar refractivity (Wildman–Crippen MR) is 105 cm³/mol. The van der Waals surface area contributed by atoms with E-state index in [0.717, 1.165) is 40.1 Å². The first kappa shape index (κ1) is 17.0. The lowest BCUT2D eigenvalue weighted by Crippen LogP contribution is -1.98. The number of methoxy groups -OCH3 is 1. The molecule has 7 heteroatoms. The van der Waals surface area contributed by atoms with Crippen LogP contribution in [0.3, 0.4) is 0 Å². The summed E-state index contributed by atoms with van der Waals surface area (Å²) >= 11 is 0. The Hall–Kier alpha value is -3.48. The highest BCUT2D eigenvalue weighted by molar-refractivity contribution is 5.78. The molecule has 0 bridgehead atoms. The largest absolute Gasteiger partial charge is 0.480 e. The van der Waals surface area contributed by atoms with Crippen LogP contribution in [0.15, 0.2) is 49.2 Å². The first-order valence-corrected chi connectivity index (χ1v) is 8.74. The molecule has 4 aromatic heterocycles. The summed E-state index contributed by atoms with van der Waals surface area (Å²) in [5, 5.41) is 7.52. The fourth-order valence-corrected chi connectivity index (χ4v) is 3.00. The Morgan fingerprint density at radius 3 is 2.78 bits per heavy atom. The normalized spacial score (nSPS) is 10.9. The average Bonchev–Trinajstić information content (AvgIpc) is 3.16. The molecule has 0 aliphatic carbocycles. The van der Waals surface area contributed by atoms with E-state index in [-0.39, 0.29) is 0 Å². The smallest absolute Gasteiger partial charge is 0.237 e. The Labute approximate surface area is 157 Å². The van der Waals surface area contributed by atoms with Gasteiger partial charge in [-0.25, -0.2) is 14.5 Å². The number of nitrogens with zero attached hydrogens (tertiary/aromatic N) is 5. The van der Waals surface area contributed by atoms with Crippen LogP contribution in [-0.4, -0.2) is 38.7 Å². The van der Waals surface area contributed by atoms with Crippen LogP contribution >= 0.6 is 0 Å². The lowest BCUT2D eigenvalue weighted by atomic mass is 10.1. The lowest BCUT2D eigenvalue weighted by Gasteiger charge is -2.09. The van der Waals surface area contributed by atoms with Crippen LogP contribution in [0.25, 0.3) is 28.0 Å². The van der Waals surface area contributed by atoms with Crippen LogP contribution in [0.4, 0.5) is 5.69 Å². The maximum atomic E-state index is 5.27. The minimum atomic E-state index is 0.551. The molecular weight excluding hydrogens is 340 g/mol. The van der Waals surface area contributed by atoms with Crippen molar-refractivity contribution in [2.75, 3.05) is 19.5 Å². The fraction of sp³-hybridized carbons (Fsp3) is 0.200. The van der Waals surface area contributed by atoms with E-state index in [1.54, 1.807) is 17.8 Å². The molecule has 0 unspecified atom stereocenters. The summed E-state index contributed by atoms with van der Waals surface area (Å²) < 4.78 is 7.04. The summed E-state index contributed by atoms with van der Waals surface area (Å²) in [6, 6.07) is 6.03. The van der Waals surface area contributed by atoms with E-state index >= 15 is 0 Å². The summed E-state index contributed by atoms with van der Waals surface area (Å²) in [4.78, 5) is 13.5. The maximum Gasteiger partial charge on any atom is 0.237 e. The van der Waals surface area contributed by atoms with Gasteiger partial charge in [0.2, 0.25) is 5.88 Å². The molecule has 7 nitrogen and oxygen atoms in total. The van der Waals surface area contributed by atoms with Gasteiger partial charge in [-0.1, -0.05) is 6.92 Å². The SMILES string of the molecule is CCc1cncc(-c2cnn3ccc(-c4cnc(OC)c(NC)c4)nc23)c1. The van der Waals surface area contributed by atoms with Gasteiger partial charge in [-0.3, -0.25) is 4.98 Å². The number of hydrogen-bond acceptors (Lipinski definition) is 6. The van der Waals surface area contributed by atoms with E-state index in [2.05, 4.69) is 33.4 Å². The number of anilines is 1. The van der Waals surface area contributed by atoms with Crippen molar-refractivity contribution in [3.8, 4) is 28.3 Å². The van der Waals surface area contributed by atoms with Gasteiger partial charge in [0.05, 0.1) is 24.7 Å². The number of fused-ring (bicyclic) bond motifs is 1. The Kier molecular flexibility index (Phi) is 4.42. The van der Waals surface area contributed by atoms with Crippen molar-refractivity contribution in [3.05, 3.63) is 54.7 Å². The second kappa shape index (κ2) is 7.03. The molecule has 0 saturated heterocycles. The summed E-state index contributed by atoms with van der Waals surface area (Å²) in [7, 11) is 3.44. The van der Waals surface area contributed by atoms with Gasteiger partial charge in [0.1, 0.15) is 0 Å². The number of aromatic nitrogens is 5. The Bertz CT molecular complexity index is 1100. The fourth-order valence-electron chi connectivity index (χ4n) is 3.00. The molecule has 0 aromatic carbocycles. The van der Waals surface area contributed by atoms with Crippen LogP contribution in [0.1, 0.15) is 12.5 Å². The van der Waals surface area contributed by atoms with Gasteiger partial charge in [-0.2, -0.15) is 5.10 Å². The van der Waals surface area contributed by atoms with E-state index < -0.39 is 0 Å². The summed E-state index contributed by atoms with van der Waals surface area (Å²) in [5.74, 6) is 0.551. The molecule has 136 valence electrons. The highest BCUT2D eigenvalue weighted by Gasteiger charge is 2.12. The Morgan fingerprint density at radius 1 is 1.11 bits per heavy atom. The first-order chi connectivity index (χ1) is 13.2. The minimum absolute atomic E-state index is 0.551. The van der Waals surface area contributed by atoms with E-state index in [0.29, 0.717) is 5.88 Å². The van der Waals surface area contributed by atoms with Crippen molar-refractivity contribution < 1.29 is 4.74 Å². The number of hydrogen-bond donors (Lipinski definition) is 1. The minimum Gasteiger partial charge on any atom is -0.480 e. The summed E-state index contributed by atoms with van der Waals surface area (Å²) in [5.41, 5.74) is 6.45. The monoisotopic (exact) mass is 360 g/mol. The molecule has 0 aliphatic heterocycles. The third-order valence-corrected chi connectivity index (χ3v) is 4.49. The van der Waals surface area contributed by atoms with Gasteiger partial charge in [0.25, 0.3) is 0 Å². The molecule has 0 atom stereocenters. The van der Waals surface area contributed by atoms with E-state index in [9.17, 15) is 0 Å². The second-order valence-corrected chi connectivity index (χ2v) is 6.11. The topological polar surface area (TPSA) is 77.2 Å². The number of nitrogens with one attached hydrogen (secondary N) is 1. The highest BCUT2D eigenvalue weighted by Crippen LogP contribution is 2.29. The Morgan fingerprint density at radius 2 is 2.00 bits per heavy atom. The van der Waals surface area contributed by atoms with Crippen molar-refractivity contribution >= 4 is 11.3 Å². The number of rotatable bonds is 5. The van der Waals surface area contributed by atoms with Crippen molar-refractivity contribution in [2.24, 2.45) is 0 Å². The molecule has 0 radical (unpaired) electrons.